The number of amides is 1. The molecule has 1 amide bonds. The van der Waals surface area contributed by atoms with Gasteiger partial charge in [-0.05, 0) is 42.7 Å². The van der Waals surface area contributed by atoms with E-state index in [0.29, 0.717) is 17.9 Å². The Kier molecular flexibility index (Phi) is 5.76. The monoisotopic (exact) mass is 382 g/mol. The van der Waals surface area contributed by atoms with E-state index < -0.39 is 0 Å². The minimum absolute atomic E-state index is 0.114. The van der Waals surface area contributed by atoms with E-state index in [0.717, 1.165) is 43.1 Å². The number of carbonyl (C=O) groups excluding carboxylic acids is 1. The molecule has 4 rings (SSSR count). The second-order valence-electron chi connectivity index (χ2n) is 7.26. The molecule has 2 aromatic rings. The van der Waals surface area contributed by atoms with Gasteiger partial charge in [0.05, 0.1) is 5.56 Å². The Morgan fingerprint density at radius 1 is 1.15 bits per heavy atom. The topological polar surface area (TPSA) is 57.3 Å². The number of piperidine rings is 1. The summed E-state index contributed by atoms with van der Waals surface area (Å²) in [5.41, 5.74) is 8.97. The van der Waals surface area contributed by atoms with Crippen LogP contribution >= 0.6 is 11.8 Å². The molecule has 0 saturated carbocycles. The second kappa shape index (κ2) is 8.42. The van der Waals surface area contributed by atoms with Crippen molar-refractivity contribution >= 4 is 17.7 Å². The zero-order valence-corrected chi connectivity index (χ0v) is 16.4. The van der Waals surface area contributed by atoms with E-state index in [1.54, 1.807) is 6.20 Å². The first-order valence-corrected chi connectivity index (χ1v) is 10.8. The lowest BCUT2D eigenvalue weighted by Crippen LogP contribution is -2.45. The van der Waals surface area contributed by atoms with E-state index in [-0.39, 0.29) is 5.91 Å². The summed E-state index contributed by atoms with van der Waals surface area (Å²) >= 11 is 1.53. The molecule has 2 atom stereocenters. The molecule has 27 heavy (non-hydrogen) atoms. The lowest BCUT2D eigenvalue weighted by Gasteiger charge is -2.36. The van der Waals surface area contributed by atoms with Gasteiger partial charge in [-0.15, -0.1) is 11.8 Å². The van der Waals surface area contributed by atoms with Crippen LogP contribution in [0.2, 0.25) is 0 Å². The van der Waals surface area contributed by atoms with Crippen molar-refractivity contribution in [1.29, 1.82) is 0 Å². The summed E-state index contributed by atoms with van der Waals surface area (Å²) in [7, 11) is 0. The molecular formula is C21H26N4OS. The van der Waals surface area contributed by atoms with Crippen LogP contribution in [-0.2, 0) is 0 Å². The van der Waals surface area contributed by atoms with Gasteiger partial charge in [-0.25, -0.2) is 4.98 Å². The maximum absolute atomic E-state index is 12.9. The number of likely N-dealkylation sites (tertiary alicyclic amines) is 1. The molecule has 0 spiro atoms. The molecule has 3 heterocycles. The molecule has 0 radical (unpaired) electrons. The molecule has 2 fully saturated rings. The van der Waals surface area contributed by atoms with E-state index in [9.17, 15) is 4.79 Å². The normalized spacial score (nSPS) is 23.5. The Labute approximate surface area is 164 Å². The summed E-state index contributed by atoms with van der Waals surface area (Å²) in [6, 6.07) is 14.9. The van der Waals surface area contributed by atoms with Gasteiger partial charge in [0, 0.05) is 37.8 Å². The smallest absolute Gasteiger partial charge is 0.256 e. The van der Waals surface area contributed by atoms with Crippen LogP contribution in [0.5, 0.6) is 0 Å². The SMILES string of the molecule is CSc1ncccc1C(=O)N1CCC(C2NNCC2c2ccccc2)CC1. The van der Waals surface area contributed by atoms with Crippen LogP contribution < -0.4 is 10.9 Å². The first-order valence-electron chi connectivity index (χ1n) is 9.59. The van der Waals surface area contributed by atoms with Crippen molar-refractivity contribution in [3.8, 4) is 0 Å². The number of hydrazine groups is 1. The summed E-state index contributed by atoms with van der Waals surface area (Å²) in [4.78, 5) is 19.3. The van der Waals surface area contributed by atoms with Crippen molar-refractivity contribution in [2.75, 3.05) is 25.9 Å². The summed E-state index contributed by atoms with van der Waals surface area (Å²) in [5.74, 6) is 1.17. The third-order valence-corrected chi connectivity index (χ3v) is 6.49. The first kappa shape index (κ1) is 18.5. The maximum atomic E-state index is 12.9. The molecule has 2 unspecified atom stereocenters. The highest BCUT2D eigenvalue weighted by Gasteiger charge is 2.37. The minimum atomic E-state index is 0.114. The molecule has 6 heteroatoms. The number of thioether (sulfide) groups is 1. The Hall–Kier alpha value is -1.89. The molecule has 1 aromatic carbocycles. The molecule has 142 valence electrons. The summed E-state index contributed by atoms with van der Waals surface area (Å²) < 4.78 is 0. The Bertz CT molecular complexity index is 777. The number of nitrogens with one attached hydrogen (secondary N) is 2. The van der Waals surface area contributed by atoms with Crippen LogP contribution in [0.1, 0.15) is 34.7 Å². The fraction of sp³-hybridized carbons (Fsp3) is 0.429. The summed E-state index contributed by atoms with van der Waals surface area (Å²) in [6.45, 7) is 2.58. The van der Waals surface area contributed by atoms with E-state index in [4.69, 9.17) is 0 Å². The van der Waals surface area contributed by atoms with Crippen LogP contribution in [0, 0.1) is 5.92 Å². The van der Waals surface area contributed by atoms with Crippen LogP contribution in [0.15, 0.2) is 53.7 Å². The van der Waals surface area contributed by atoms with Gasteiger partial charge in [0.25, 0.3) is 5.91 Å². The number of aromatic nitrogens is 1. The number of benzene rings is 1. The van der Waals surface area contributed by atoms with Crippen molar-refractivity contribution in [2.45, 2.75) is 29.8 Å². The molecule has 0 bridgehead atoms. The predicted octanol–water partition coefficient (Wildman–Crippen LogP) is 2.92. The van der Waals surface area contributed by atoms with Gasteiger partial charge in [0.2, 0.25) is 0 Å². The van der Waals surface area contributed by atoms with E-state index >= 15 is 0 Å². The van der Waals surface area contributed by atoms with Gasteiger partial charge < -0.3 is 4.90 Å². The van der Waals surface area contributed by atoms with Crippen LogP contribution in [-0.4, -0.2) is 47.7 Å². The lowest BCUT2D eigenvalue weighted by molar-refractivity contribution is 0.0665. The molecule has 2 saturated heterocycles. The molecule has 2 N–H and O–H groups in total. The third-order valence-electron chi connectivity index (χ3n) is 5.78. The van der Waals surface area contributed by atoms with E-state index in [1.807, 2.05) is 23.3 Å². The average molecular weight is 383 g/mol. The zero-order valence-electron chi connectivity index (χ0n) is 15.6. The Balaban J connectivity index is 1.41. The molecule has 0 aliphatic carbocycles. The fourth-order valence-corrected chi connectivity index (χ4v) is 4.88. The highest BCUT2D eigenvalue weighted by molar-refractivity contribution is 7.98. The van der Waals surface area contributed by atoms with Gasteiger partial charge in [0.1, 0.15) is 5.03 Å². The molecule has 2 aliphatic rings. The highest BCUT2D eigenvalue weighted by Crippen LogP contribution is 2.33. The van der Waals surface area contributed by atoms with Gasteiger partial charge in [-0.1, -0.05) is 30.3 Å². The molecule has 5 nitrogen and oxygen atoms in total. The van der Waals surface area contributed by atoms with Gasteiger partial charge in [-0.3, -0.25) is 15.6 Å². The van der Waals surface area contributed by atoms with Crippen molar-refractivity contribution < 1.29 is 4.79 Å². The van der Waals surface area contributed by atoms with Crippen molar-refractivity contribution in [2.24, 2.45) is 5.92 Å². The van der Waals surface area contributed by atoms with Gasteiger partial charge in [0.15, 0.2) is 0 Å². The number of nitrogens with zero attached hydrogens (tertiary/aromatic N) is 2. The van der Waals surface area contributed by atoms with Crippen LogP contribution in [0.25, 0.3) is 0 Å². The Morgan fingerprint density at radius 3 is 2.67 bits per heavy atom. The summed E-state index contributed by atoms with van der Waals surface area (Å²) in [5, 5.41) is 0.815. The lowest BCUT2D eigenvalue weighted by atomic mass is 9.80. The number of pyridine rings is 1. The fourth-order valence-electron chi connectivity index (χ4n) is 4.33. The number of hydrogen-bond donors (Lipinski definition) is 2. The highest BCUT2D eigenvalue weighted by atomic mass is 32.2. The zero-order chi connectivity index (χ0) is 18.6. The number of carbonyl (C=O) groups is 1. The van der Waals surface area contributed by atoms with Gasteiger partial charge in [-0.2, -0.15) is 0 Å². The van der Waals surface area contributed by atoms with Crippen molar-refractivity contribution in [3.05, 3.63) is 59.8 Å². The van der Waals surface area contributed by atoms with E-state index in [1.165, 1.54) is 17.3 Å². The number of hydrogen-bond acceptors (Lipinski definition) is 5. The van der Waals surface area contributed by atoms with E-state index in [2.05, 4.69) is 46.2 Å². The molecule has 2 aliphatic heterocycles. The van der Waals surface area contributed by atoms with Crippen molar-refractivity contribution in [3.63, 3.8) is 0 Å². The maximum Gasteiger partial charge on any atom is 0.256 e. The third kappa shape index (κ3) is 3.88. The number of rotatable bonds is 4. The van der Waals surface area contributed by atoms with Crippen LogP contribution in [0.4, 0.5) is 0 Å². The van der Waals surface area contributed by atoms with Gasteiger partial charge >= 0.3 is 0 Å². The average Bonchev–Trinajstić information content (AvgIpc) is 3.24. The predicted molar refractivity (Wildman–Crippen MR) is 109 cm³/mol. The minimum Gasteiger partial charge on any atom is -0.339 e. The first-order chi connectivity index (χ1) is 13.3. The largest absolute Gasteiger partial charge is 0.339 e. The second-order valence-corrected chi connectivity index (χ2v) is 8.05. The van der Waals surface area contributed by atoms with Crippen molar-refractivity contribution in [1.82, 2.24) is 20.7 Å². The standard InChI is InChI=1S/C21H26N4OS/c1-27-20-17(8-5-11-22-20)21(26)25-12-9-16(10-13-25)19-18(14-23-24-19)15-6-3-2-4-7-15/h2-8,11,16,18-19,23-24H,9-10,12-14H2,1H3. The van der Waals surface area contributed by atoms with Crippen LogP contribution in [0.3, 0.4) is 0 Å². The molecular weight excluding hydrogens is 356 g/mol. The summed E-state index contributed by atoms with van der Waals surface area (Å²) in [6.07, 6.45) is 5.78. The Morgan fingerprint density at radius 2 is 1.93 bits per heavy atom. The molecule has 1 aromatic heterocycles. The quantitative estimate of drug-likeness (QED) is 0.797.